The first-order valence-corrected chi connectivity index (χ1v) is 14.2. The fourth-order valence-corrected chi connectivity index (χ4v) is 5.23. The summed E-state index contributed by atoms with van der Waals surface area (Å²) in [7, 11) is 0. The first-order valence-electron chi connectivity index (χ1n) is 14.2. The highest BCUT2D eigenvalue weighted by Gasteiger charge is 2.27. The summed E-state index contributed by atoms with van der Waals surface area (Å²) in [6, 6.07) is 36.2. The second kappa shape index (κ2) is 11.5. The molecule has 4 aromatic carbocycles. The van der Waals surface area contributed by atoms with E-state index in [2.05, 4.69) is 154 Å². The Kier molecular flexibility index (Phi) is 7.84. The van der Waals surface area contributed by atoms with Crippen LogP contribution in [0.25, 0.3) is 22.5 Å². The molecule has 1 aromatic heterocycles. The van der Waals surface area contributed by atoms with Gasteiger partial charge in [-0.1, -0.05) is 136 Å². The number of nitrogens with zero attached hydrogens (tertiary/aromatic N) is 2. The zero-order valence-corrected chi connectivity index (χ0v) is 24.3. The molecule has 0 spiro atoms. The lowest BCUT2D eigenvalue weighted by molar-refractivity contribution is -0.677. The molecule has 39 heavy (non-hydrogen) atoms. The van der Waals surface area contributed by atoms with Crippen molar-refractivity contribution in [2.45, 2.75) is 66.5 Å². The van der Waals surface area contributed by atoms with Gasteiger partial charge < -0.3 is 0 Å². The minimum Gasteiger partial charge on any atom is -0.225 e. The number of imidazole rings is 1. The van der Waals surface area contributed by atoms with Gasteiger partial charge in [0.15, 0.2) is 11.4 Å². The first kappa shape index (κ1) is 26.7. The first-order chi connectivity index (χ1) is 18.8. The van der Waals surface area contributed by atoms with Crippen LogP contribution in [-0.4, -0.2) is 4.57 Å². The van der Waals surface area contributed by atoms with Gasteiger partial charge >= 0.3 is 0 Å². The lowest BCUT2D eigenvalue weighted by atomic mass is 9.97. The molecule has 1 heterocycles. The SMILES string of the molecule is Cc1ccc(Cn2c[n+](Cc3ccc(C)cc3)c(-c3ccc(C(C)C)cc3)c2-c2ccc(C(C)C)cc2)cc1. The van der Waals surface area contributed by atoms with Crippen molar-refractivity contribution in [3.63, 3.8) is 0 Å². The van der Waals surface area contributed by atoms with Crippen molar-refractivity contribution in [3.8, 4) is 22.5 Å². The Balaban J connectivity index is 1.71. The summed E-state index contributed by atoms with van der Waals surface area (Å²) in [5.41, 5.74) is 12.9. The maximum Gasteiger partial charge on any atom is 0.245 e. The van der Waals surface area contributed by atoms with E-state index >= 15 is 0 Å². The largest absolute Gasteiger partial charge is 0.245 e. The van der Waals surface area contributed by atoms with Crippen LogP contribution < -0.4 is 4.57 Å². The van der Waals surface area contributed by atoms with E-state index in [0.717, 1.165) is 13.1 Å². The summed E-state index contributed by atoms with van der Waals surface area (Å²) < 4.78 is 4.88. The van der Waals surface area contributed by atoms with Crippen molar-refractivity contribution in [2.75, 3.05) is 0 Å². The Morgan fingerprint density at radius 2 is 1.03 bits per heavy atom. The third kappa shape index (κ3) is 6.06. The Morgan fingerprint density at radius 1 is 0.564 bits per heavy atom. The van der Waals surface area contributed by atoms with E-state index in [1.165, 1.54) is 55.9 Å². The molecule has 5 rings (SSSR count). The van der Waals surface area contributed by atoms with E-state index < -0.39 is 0 Å². The Bertz CT molecular complexity index is 1400. The molecule has 0 aliphatic heterocycles. The van der Waals surface area contributed by atoms with Gasteiger partial charge in [0, 0.05) is 11.1 Å². The summed E-state index contributed by atoms with van der Waals surface area (Å²) >= 11 is 0. The number of aryl methyl sites for hydroxylation is 2. The van der Waals surface area contributed by atoms with Crippen LogP contribution in [0.4, 0.5) is 0 Å². The van der Waals surface area contributed by atoms with E-state index in [1.807, 2.05) is 0 Å². The normalized spacial score (nSPS) is 11.5. The van der Waals surface area contributed by atoms with Crippen LogP contribution in [0.5, 0.6) is 0 Å². The van der Waals surface area contributed by atoms with Crippen molar-refractivity contribution < 1.29 is 4.57 Å². The van der Waals surface area contributed by atoms with Crippen LogP contribution in [0.1, 0.15) is 72.9 Å². The highest BCUT2D eigenvalue weighted by atomic mass is 15.1. The molecule has 2 nitrogen and oxygen atoms in total. The van der Waals surface area contributed by atoms with E-state index in [9.17, 15) is 0 Å². The smallest absolute Gasteiger partial charge is 0.225 e. The molecular weight excluding hydrogens is 472 g/mol. The van der Waals surface area contributed by atoms with Crippen LogP contribution in [0.15, 0.2) is 103 Å². The summed E-state index contributed by atoms with van der Waals surface area (Å²) in [5, 5.41) is 0. The molecule has 0 atom stereocenters. The lowest BCUT2D eigenvalue weighted by Gasteiger charge is -2.10. The quantitative estimate of drug-likeness (QED) is 0.183. The second-order valence-electron chi connectivity index (χ2n) is 11.6. The summed E-state index contributed by atoms with van der Waals surface area (Å²) in [6.07, 6.45) is 2.32. The number of rotatable bonds is 8. The molecule has 0 aliphatic carbocycles. The number of hydrogen-bond acceptors (Lipinski definition) is 0. The van der Waals surface area contributed by atoms with Crippen molar-refractivity contribution in [2.24, 2.45) is 0 Å². The van der Waals surface area contributed by atoms with Crippen molar-refractivity contribution in [1.82, 2.24) is 4.57 Å². The summed E-state index contributed by atoms with van der Waals surface area (Å²) in [5.74, 6) is 1.01. The topological polar surface area (TPSA) is 8.81 Å². The van der Waals surface area contributed by atoms with E-state index in [0.29, 0.717) is 11.8 Å². The fourth-order valence-electron chi connectivity index (χ4n) is 5.23. The van der Waals surface area contributed by atoms with Crippen LogP contribution in [-0.2, 0) is 13.1 Å². The van der Waals surface area contributed by atoms with E-state index in [-0.39, 0.29) is 0 Å². The highest BCUT2D eigenvalue weighted by Crippen LogP contribution is 2.33. The zero-order chi connectivity index (χ0) is 27.5. The van der Waals surface area contributed by atoms with Gasteiger partial charge in [-0.25, -0.2) is 9.13 Å². The van der Waals surface area contributed by atoms with Gasteiger partial charge in [-0.2, -0.15) is 0 Å². The Morgan fingerprint density at radius 3 is 1.51 bits per heavy atom. The summed E-state index contributed by atoms with van der Waals surface area (Å²) in [6.45, 7) is 15.0. The van der Waals surface area contributed by atoms with E-state index in [1.54, 1.807) is 0 Å². The standard InChI is InChI=1S/C37H41N2/c1-26(2)32-15-19-34(20-16-32)36-37(35-21-17-33(18-22-35)27(3)4)39(24-31-13-9-29(6)10-14-31)25-38(36)23-30-11-7-28(5)8-12-30/h7-22,25-27H,23-24H2,1-6H3/q+1. The van der Waals surface area contributed by atoms with E-state index in [4.69, 9.17) is 0 Å². The van der Waals surface area contributed by atoms with Crippen LogP contribution in [0.2, 0.25) is 0 Å². The van der Waals surface area contributed by atoms with Crippen LogP contribution in [0, 0.1) is 13.8 Å². The van der Waals surface area contributed by atoms with Crippen LogP contribution in [0.3, 0.4) is 0 Å². The Hall–Kier alpha value is -3.91. The molecule has 0 unspecified atom stereocenters. The molecule has 0 saturated heterocycles. The summed E-state index contributed by atoms with van der Waals surface area (Å²) in [4.78, 5) is 0. The van der Waals surface area contributed by atoms with Crippen molar-refractivity contribution in [3.05, 3.63) is 137 Å². The third-order valence-corrected chi connectivity index (χ3v) is 7.73. The lowest BCUT2D eigenvalue weighted by Crippen LogP contribution is -2.34. The Labute approximate surface area is 234 Å². The predicted octanol–water partition coefficient (Wildman–Crippen LogP) is 9.07. The van der Waals surface area contributed by atoms with Gasteiger partial charge in [-0.05, 0) is 47.9 Å². The van der Waals surface area contributed by atoms with Gasteiger partial charge in [0.05, 0.1) is 0 Å². The van der Waals surface area contributed by atoms with Crippen LogP contribution >= 0.6 is 0 Å². The molecule has 0 N–H and O–H groups in total. The molecule has 0 bridgehead atoms. The monoisotopic (exact) mass is 513 g/mol. The molecule has 5 aromatic rings. The molecule has 198 valence electrons. The van der Waals surface area contributed by atoms with Gasteiger partial charge in [0.2, 0.25) is 6.33 Å². The van der Waals surface area contributed by atoms with Gasteiger partial charge in [0.1, 0.15) is 13.1 Å². The van der Waals surface area contributed by atoms with Crippen molar-refractivity contribution >= 4 is 0 Å². The third-order valence-electron chi connectivity index (χ3n) is 7.73. The average molecular weight is 514 g/mol. The maximum absolute atomic E-state index is 2.44. The van der Waals surface area contributed by atoms with Gasteiger partial charge in [0.25, 0.3) is 0 Å². The maximum atomic E-state index is 2.44. The van der Waals surface area contributed by atoms with Crippen molar-refractivity contribution in [1.29, 1.82) is 0 Å². The molecule has 0 radical (unpaired) electrons. The predicted molar refractivity (Wildman–Crippen MR) is 164 cm³/mol. The number of aromatic nitrogens is 2. The zero-order valence-electron chi connectivity index (χ0n) is 24.3. The average Bonchev–Trinajstić information content (AvgIpc) is 3.28. The molecular formula is C37H41N2+. The minimum absolute atomic E-state index is 0.507. The molecule has 0 saturated carbocycles. The second-order valence-corrected chi connectivity index (χ2v) is 11.6. The fraction of sp³-hybridized carbons (Fsp3) is 0.270. The molecule has 0 aliphatic rings. The number of hydrogen-bond donors (Lipinski definition) is 0. The van der Waals surface area contributed by atoms with Gasteiger partial charge in [-0.3, -0.25) is 0 Å². The molecule has 0 amide bonds. The molecule has 2 heteroatoms. The molecule has 0 fully saturated rings. The van der Waals surface area contributed by atoms with Gasteiger partial charge in [-0.15, -0.1) is 0 Å². The number of benzene rings is 4. The highest BCUT2D eigenvalue weighted by molar-refractivity contribution is 5.77. The minimum atomic E-state index is 0.507.